The lowest BCUT2D eigenvalue weighted by Gasteiger charge is -2.32. The monoisotopic (exact) mass is 412 g/mol. The summed E-state index contributed by atoms with van der Waals surface area (Å²) in [7, 11) is 5.06. The molecule has 3 aromatic rings. The molecule has 0 saturated carbocycles. The van der Waals surface area contributed by atoms with E-state index in [1.54, 1.807) is 26.4 Å². The first-order valence-electron chi connectivity index (χ1n) is 9.93. The van der Waals surface area contributed by atoms with E-state index in [2.05, 4.69) is 0 Å². The van der Waals surface area contributed by atoms with E-state index in [1.807, 2.05) is 34.7 Å². The van der Waals surface area contributed by atoms with E-state index in [1.165, 1.54) is 12.1 Å². The Kier molecular flexibility index (Phi) is 5.53. The molecule has 7 heteroatoms. The van der Waals surface area contributed by atoms with Crippen molar-refractivity contribution in [1.29, 1.82) is 0 Å². The molecule has 0 N–H and O–H groups in total. The molecule has 0 aliphatic carbocycles. The van der Waals surface area contributed by atoms with Gasteiger partial charge in [0, 0.05) is 50.5 Å². The number of hydrogen-bond donors (Lipinski definition) is 0. The Labute approximate surface area is 174 Å². The number of nitrogens with zero attached hydrogens (tertiary/aromatic N) is 2. The third-order valence-corrected chi connectivity index (χ3v) is 5.59. The fourth-order valence-electron chi connectivity index (χ4n) is 3.94. The van der Waals surface area contributed by atoms with Crippen molar-refractivity contribution in [3.8, 4) is 17.2 Å². The smallest absolute Gasteiger partial charge is 0.270 e. The first-order chi connectivity index (χ1) is 14.5. The minimum atomic E-state index is -0.316. The molecule has 1 saturated heterocycles. The van der Waals surface area contributed by atoms with Crippen LogP contribution in [0.5, 0.6) is 17.2 Å². The Balaban J connectivity index is 1.47. The summed E-state index contributed by atoms with van der Waals surface area (Å²) in [6.07, 6.45) is 1.37. The normalized spacial score (nSPS) is 14.7. The molecule has 158 valence electrons. The van der Waals surface area contributed by atoms with Gasteiger partial charge in [-0.1, -0.05) is 6.07 Å². The van der Waals surface area contributed by atoms with Crippen molar-refractivity contribution in [2.24, 2.45) is 7.05 Å². The number of halogens is 1. The Morgan fingerprint density at radius 3 is 2.40 bits per heavy atom. The van der Waals surface area contributed by atoms with Crippen LogP contribution in [0.4, 0.5) is 4.39 Å². The lowest BCUT2D eigenvalue weighted by Crippen LogP contribution is -2.42. The van der Waals surface area contributed by atoms with Gasteiger partial charge in [-0.25, -0.2) is 4.39 Å². The van der Waals surface area contributed by atoms with Crippen LogP contribution in [-0.2, 0) is 7.05 Å². The van der Waals surface area contributed by atoms with E-state index in [4.69, 9.17) is 14.2 Å². The zero-order chi connectivity index (χ0) is 21.3. The standard InChI is InChI=1S/C23H25FN2O4/c1-25-19-14-22(29-3)21(28-2)12-15(19)11-20(25)23(27)26-9-7-17(8-10-26)30-18-6-4-5-16(24)13-18/h4-6,11-14,17H,7-10H2,1-3H3. The first-order valence-corrected chi connectivity index (χ1v) is 9.93. The molecule has 2 heterocycles. The van der Waals surface area contributed by atoms with Gasteiger partial charge in [0.25, 0.3) is 5.91 Å². The number of rotatable bonds is 5. The zero-order valence-corrected chi connectivity index (χ0v) is 17.4. The SMILES string of the molecule is COc1cc2cc(C(=O)N3CCC(Oc4cccc(F)c4)CC3)n(C)c2cc1OC. The van der Waals surface area contributed by atoms with E-state index in [0.717, 1.165) is 10.9 Å². The Hall–Kier alpha value is -3.22. The molecule has 0 radical (unpaired) electrons. The first kappa shape index (κ1) is 20.1. The number of amides is 1. The molecule has 1 fully saturated rings. The third kappa shape index (κ3) is 3.79. The minimum Gasteiger partial charge on any atom is -0.493 e. The molecule has 1 amide bonds. The lowest BCUT2D eigenvalue weighted by molar-refractivity contribution is 0.0587. The summed E-state index contributed by atoms with van der Waals surface area (Å²) in [4.78, 5) is 15.0. The predicted octanol–water partition coefficient (Wildman–Crippen LogP) is 4.02. The van der Waals surface area contributed by atoms with E-state index in [-0.39, 0.29) is 17.8 Å². The van der Waals surface area contributed by atoms with Crippen LogP contribution in [0, 0.1) is 5.82 Å². The van der Waals surface area contributed by atoms with Crippen molar-refractivity contribution in [2.75, 3.05) is 27.3 Å². The average molecular weight is 412 g/mol. The van der Waals surface area contributed by atoms with E-state index in [0.29, 0.717) is 48.9 Å². The number of hydrogen-bond acceptors (Lipinski definition) is 4. The maximum atomic E-state index is 13.3. The van der Waals surface area contributed by atoms with Crippen LogP contribution in [-0.4, -0.2) is 48.8 Å². The molecule has 0 atom stereocenters. The van der Waals surface area contributed by atoms with Gasteiger partial charge in [0.2, 0.25) is 0 Å². The maximum Gasteiger partial charge on any atom is 0.270 e. The van der Waals surface area contributed by atoms with Crippen molar-refractivity contribution >= 4 is 16.8 Å². The van der Waals surface area contributed by atoms with Gasteiger partial charge in [-0.05, 0) is 24.3 Å². The van der Waals surface area contributed by atoms with Gasteiger partial charge in [0.15, 0.2) is 11.5 Å². The molecule has 1 aliphatic heterocycles. The highest BCUT2D eigenvalue weighted by Gasteiger charge is 2.27. The average Bonchev–Trinajstić information content (AvgIpc) is 3.08. The number of piperidine rings is 1. The van der Waals surface area contributed by atoms with Gasteiger partial charge < -0.3 is 23.7 Å². The van der Waals surface area contributed by atoms with Crippen LogP contribution < -0.4 is 14.2 Å². The summed E-state index contributed by atoms with van der Waals surface area (Å²) in [5.74, 6) is 1.45. The Bertz CT molecular complexity index is 1070. The molecule has 30 heavy (non-hydrogen) atoms. The predicted molar refractivity (Wildman–Crippen MR) is 112 cm³/mol. The van der Waals surface area contributed by atoms with E-state index >= 15 is 0 Å². The van der Waals surface area contributed by atoms with Gasteiger partial charge in [-0.15, -0.1) is 0 Å². The van der Waals surface area contributed by atoms with E-state index in [9.17, 15) is 9.18 Å². The van der Waals surface area contributed by atoms with E-state index < -0.39 is 0 Å². The summed E-state index contributed by atoms with van der Waals surface area (Å²) in [6.45, 7) is 1.18. The topological polar surface area (TPSA) is 52.9 Å². The number of aryl methyl sites for hydroxylation is 1. The largest absolute Gasteiger partial charge is 0.493 e. The number of ether oxygens (including phenoxy) is 3. The Morgan fingerprint density at radius 1 is 1.03 bits per heavy atom. The van der Waals surface area contributed by atoms with Crippen molar-refractivity contribution < 1.29 is 23.4 Å². The zero-order valence-electron chi connectivity index (χ0n) is 17.4. The molecule has 4 rings (SSSR count). The Morgan fingerprint density at radius 2 is 1.73 bits per heavy atom. The summed E-state index contributed by atoms with van der Waals surface area (Å²) < 4.78 is 31.9. The fourth-order valence-corrected chi connectivity index (χ4v) is 3.94. The molecule has 6 nitrogen and oxygen atoms in total. The number of carbonyl (C=O) groups excluding carboxylic acids is 1. The van der Waals surface area contributed by atoms with Crippen LogP contribution in [0.2, 0.25) is 0 Å². The number of benzene rings is 2. The van der Waals surface area contributed by atoms with Gasteiger partial charge in [-0.2, -0.15) is 0 Å². The van der Waals surface area contributed by atoms with Crippen LogP contribution >= 0.6 is 0 Å². The second-order valence-electron chi connectivity index (χ2n) is 7.42. The highest BCUT2D eigenvalue weighted by Crippen LogP contribution is 2.34. The highest BCUT2D eigenvalue weighted by molar-refractivity contribution is 5.99. The van der Waals surface area contributed by atoms with Crippen molar-refractivity contribution in [3.05, 3.63) is 54.0 Å². The summed E-state index contributed by atoms with van der Waals surface area (Å²) >= 11 is 0. The van der Waals surface area contributed by atoms with Crippen LogP contribution in [0.1, 0.15) is 23.3 Å². The van der Waals surface area contributed by atoms with Crippen LogP contribution in [0.15, 0.2) is 42.5 Å². The minimum absolute atomic E-state index is 0.0177. The molecular formula is C23H25FN2O4. The van der Waals surface area contributed by atoms with Gasteiger partial charge in [0.05, 0.1) is 19.7 Å². The molecule has 2 aromatic carbocycles. The maximum absolute atomic E-state index is 13.3. The van der Waals surface area contributed by atoms with Crippen molar-refractivity contribution in [2.45, 2.75) is 18.9 Å². The highest BCUT2D eigenvalue weighted by atomic mass is 19.1. The summed E-state index contributed by atoms with van der Waals surface area (Å²) in [5.41, 5.74) is 1.52. The fraction of sp³-hybridized carbons (Fsp3) is 0.348. The van der Waals surface area contributed by atoms with Crippen LogP contribution in [0.3, 0.4) is 0 Å². The van der Waals surface area contributed by atoms with Crippen molar-refractivity contribution in [3.63, 3.8) is 0 Å². The molecule has 1 aliphatic rings. The summed E-state index contributed by atoms with van der Waals surface area (Å²) in [6, 6.07) is 11.8. The van der Waals surface area contributed by atoms with Crippen molar-refractivity contribution in [1.82, 2.24) is 9.47 Å². The quantitative estimate of drug-likeness (QED) is 0.635. The molecule has 1 aromatic heterocycles. The number of likely N-dealkylation sites (tertiary alicyclic amines) is 1. The second kappa shape index (κ2) is 8.26. The number of methoxy groups -OCH3 is 2. The van der Waals surface area contributed by atoms with Gasteiger partial charge >= 0.3 is 0 Å². The molecule has 0 bridgehead atoms. The molecule has 0 unspecified atom stereocenters. The number of fused-ring (bicyclic) bond motifs is 1. The number of aromatic nitrogens is 1. The van der Waals surface area contributed by atoms with Gasteiger partial charge in [0.1, 0.15) is 23.4 Å². The van der Waals surface area contributed by atoms with Crippen LogP contribution in [0.25, 0.3) is 10.9 Å². The third-order valence-electron chi connectivity index (χ3n) is 5.59. The molecule has 0 spiro atoms. The molecular weight excluding hydrogens is 387 g/mol. The second-order valence-corrected chi connectivity index (χ2v) is 7.42. The lowest BCUT2D eigenvalue weighted by atomic mass is 10.1. The number of carbonyl (C=O) groups is 1. The summed E-state index contributed by atoms with van der Waals surface area (Å²) in [5, 5.41) is 0.919. The van der Waals surface area contributed by atoms with Gasteiger partial charge in [-0.3, -0.25) is 4.79 Å².